The third kappa shape index (κ3) is 4.33. The van der Waals surface area contributed by atoms with Gasteiger partial charge in [0.2, 0.25) is 0 Å². The number of aliphatic hydroxyl groups is 1. The molecule has 0 fully saturated rings. The van der Waals surface area contributed by atoms with Crippen molar-refractivity contribution in [1.29, 1.82) is 0 Å². The number of urea groups is 1. The summed E-state index contributed by atoms with van der Waals surface area (Å²) in [5.41, 5.74) is 7.16. The first-order valence-corrected chi connectivity index (χ1v) is 6.18. The Labute approximate surface area is 113 Å². The van der Waals surface area contributed by atoms with Gasteiger partial charge < -0.3 is 25.8 Å². The highest BCUT2D eigenvalue weighted by molar-refractivity contribution is 5.74. The maximum absolute atomic E-state index is 11.9. The molecule has 0 aliphatic rings. The third-order valence-electron chi connectivity index (χ3n) is 2.65. The van der Waals surface area contributed by atoms with Crippen molar-refractivity contribution in [3.8, 4) is 5.75 Å². The first-order chi connectivity index (χ1) is 9.12. The minimum absolute atomic E-state index is 0.0955. The van der Waals surface area contributed by atoms with Crippen LogP contribution in [0.3, 0.4) is 0 Å². The zero-order valence-corrected chi connectivity index (χ0v) is 11.3. The monoisotopic (exact) mass is 267 g/mol. The van der Waals surface area contributed by atoms with Crippen LogP contribution in [0, 0.1) is 0 Å². The lowest BCUT2D eigenvalue weighted by Gasteiger charge is -2.23. The highest BCUT2D eigenvalue weighted by atomic mass is 16.5. The number of hydrogen-bond acceptors (Lipinski definition) is 4. The van der Waals surface area contributed by atoms with Gasteiger partial charge in [-0.05, 0) is 25.1 Å². The van der Waals surface area contributed by atoms with Gasteiger partial charge in [0.25, 0.3) is 0 Å². The number of ether oxygens (including phenoxy) is 1. The number of nitrogen functional groups attached to an aromatic ring is 1. The van der Waals surface area contributed by atoms with E-state index in [0.29, 0.717) is 24.5 Å². The molecule has 0 saturated heterocycles. The van der Waals surface area contributed by atoms with Crippen LogP contribution in [-0.4, -0.2) is 42.8 Å². The van der Waals surface area contributed by atoms with Crippen LogP contribution < -0.4 is 15.8 Å². The van der Waals surface area contributed by atoms with E-state index < -0.39 is 0 Å². The Morgan fingerprint density at radius 2 is 2.26 bits per heavy atom. The maximum atomic E-state index is 11.9. The number of anilines is 1. The molecule has 0 heterocycles. The average Bonchev–Trinajstić information content (AvgIpc) is 2.39. The molecule has 0 aromatic heterocycles. The summed E-state index contributed by atoms with van der Waals surface area (Å²) in [4.78, 5) is 13.4. The van der Waals surface area contributed by atoms with Gasteiger partial charge in [-0.1, -0.05) is 0 Å². The fourth-order valence-electron chi connectivity index (χ4n) is 1.76. The van der Waals surface area contributed by atoms with Gasteiger partial charge in [-0.3, -0.25) is 0 Å². The molecule has 6 nitrogen and oxygen atoms in total. The van der Waals surface area contributed by atoms with Gasteiger partial charge in [0.05, 0.1) is 20.3 Å². The predicted molar refractivity (Wildman–Crippen MR) is 74.0 cm³/mol. The zero-order chi connectivity index (χ0) is 14.3. The van der Waals surface area contributed by atoms with Gasteiger partial charge >= 0.3 is 6.03 Å². The van der Waals surface area contributed by atoms with Crippen LogP contribution >= 0.6 is 0 Å². The van der Waals surface area contributed by atoms with Crippen LogP contribution in [0.1, 0.15) is 12.5 Å². The lowest BCUT2D eigenvalue weighted by atomic mass is 10.1. The molecular weight excluding hydrogens is 246 g/mol. The van der Waals surface area contributed by atoms with Crippen LogP contribution in [0.5, 0.6) is 5.75 Å². The normalized spacial score (nSPS) is 10.1. The molecular formula is C13H21N3O3. The van der Waals surface area contributed by atoms with Crippen LogP contribution in [-0.2, 0) is 6.54 Å². The fourth-order valence-corrected chi connectivity index (χ4v) is 1.76. The number of nitrogens with two attached hydrogens (primary N) is 1. The van der Waals surface area contributed by atoms with Crippen molar-refractivity contribution in [3.63, 3.8) is 0 Å². The van der Waals surface area contributed by atoms with Crippen LogP contribution in [0.2, 0.25) is 0 Å². The second kappa shape index (κ2) is 7.48. The largest absolute Gasteiger partial charge is 0.496 e. The summed E-state index contributed by atoms with van der Waals surface area (Å²) in [5, 5.41) is 11.7. The Kier molecular flexibility index (Phi) is 5.95. The molecule has 2 amide bonds. The summed E-state index contributed by atoms with van der Waals surface area (Å²) in [6.07, 6.45) is 0. The Balaban J connectivity index is 2.89. The number of rotatable bonds is 6. The molecule has 1 rings (SSSR count). The highest BCUT2D eigenvalue weighted by Crippen LogP contribution is 2.22. The molecule has 6 heteroatoms. The number of methoxy groups -OCH3 is 1. The lowest BCUT2D eigenvalue weighted by Crippen LogP contribution is -2.41. The molecule has 0 aliphatic heterocycles. The summed E-state index contributed by atoms with van der Waals surface area (Å²) in [6, 6.07) is 5.05. The Bertz CT molecular complexity index is 424. The molecule has 0 aliphatic carbocycles. The van der Waals surface area contributed by atoms with E-state index in [4.69, 9.17) is 15.6 Å². The second-order valence-electron chi connectivity index (χ2n) is 4.05. The smallest absolute Gasteiger partial charge is 0.317 e. The summed E-state index contributed by atoms with van der Waals surface area (Å²) in [7, 11) is 1.57. The van der Waals surface area contributed by atoms with Gasteiger partial charge in [-0.15, -0.1) is 0 Å². The van der Waals surface area contributed by atoms with Gasteiger partial charge in [-0.25, -0.2) is 4.79 Å². The molecule has 0 saturated carbocycles. The SMILES string of the molecule is CCNC(=O)N(CCO)Cc1cc(N)ccc1OC. The Morgan fingerprint density at radius 1 is 1.53 bits per heavy atom. The van der Waals surface area contributed by atoms with E-state index in [-0.39, 0.29) is 19.2 Å². The number of amides is 2. The topological polar surface area (TPSA) is 87.8 Å². The summed E-state index contributed by atoms with van der Waals surface area (Å²) >= 11 is 0. The van der Waals surface area contributed by atoms with Crippen molar-refractivity contribution in [2.75, 3.05) is 32.5 Å². The van der Waals surface area contributed by atoms with Crippen LogP contribution in [0.4, 0.5) is 10.5 Å². The minimum Gasteiger partial charge on any atom is -0.496 e. The quantitative estimate of drug-likeness (QED) is 0.665. The van der Waals surface area contributed by atoms with Crippen LogP contribution in [0.25, 0.3) is 0 Å². The van der Waals surface area contributed by atoms with E-state index in [0.717, 1.165) is 5.56 Å². The second-order valence-corrected chi connectivity index (χ2v) is 4.05. The van der Waals surface area contributed by atoms with E-state index in [1.54, 1.807) is 25.3 Å². The third-order valence-corrected chi connectivity index (χ3v) is 2.65. The van der Waals surface area contributed by atoms with Gasteiger partial charge in [0.1, 0.15) is 5.75 Å². The molecule has 1 aromatic rings. The summed E-state index contributed by atoms with van der Waals surface area (Å²) < 4.78 is 5.24. The number of hydrogen-bond donors (Lipinski definition) is 3. The standard InChI is InChI=1S/C13H21N3O3/c1-3-15-13(18)16(6-7-17)9-10-8-11(14)4-5-12(10)19-2/h4-5,8,17H,3,6-7,9,14H2,1-2H3,(H,15,18). The number of aliphatic hydroxyl groups excluding tert-OH is 1. The van der Waals surface area contributed by atoms with E-state index in [1.807, 2.05) is 6.92 Å². The van der Waals surface area contributed by atoms with Crippen molar-refractivity contribution >= 4 is 11.7 Å². The molecule has 0 unspecified atom stereocenters. The van der Waals surface area contributed by atoms with Gasteiger partial charge in [0, 0.05) is 24.3 Å². The molecule has 19 heavy (non-hydrogen) atoms. The maximum Gasteiger partial charge on any atom is 0.317 e. The summed E-state index contributed by atoms with van der Waals surface area (Å²) in [5.74, 6) is 0.668. The van der Waals surface area contributed by atoms with E-state index >= 15 is 0 Å². The minimum atomic E-state index is -0.221. The molecule has 0 spiro atoms. The van der Waals surface area contributed by atoms with Crippen molar-refractivity contribution < 1.29 is 14.6 Å². The lowest BCUT2D eigenvalue weighted by molar-refractivity contribution is 0.174. The fraction of sp³-hybridized carbons (Fsp3) is 0.462. The highest BCUT2D eigenvalue weighted by Gasteiger charge is 2.15. The number of nitrogens with one attached hydrogen (secondary N) is 1. The van der Waals surface area contributed by atoms with E-state index in [9.17, 15) is 4.79 Å². The van der Waals surface area contributed by atoms with Crippen molar-refractivity contribution in [3.05, 3.63) is 23.8 Å². The van der Waals surface area contributed by atoms with Crippen LogP contribution in [0.15, 0.2) is 18.2 Å². The van der Waals surface area contributed by atoms with E-state index in [1.165, 1.54) is 4.90 Å². The number of nitrogens with zero attached hydrogens (tertiary/aromatic N) is 1. The molecule has 1 aromatic carbocycles. The molecule has 0 atom stereocenters. The molecule has 0 bridgehead atoms. The average molecular weight is 267 g/mol. The summed E-state index contributed by atoms with van der Waals surface area (Å²) in [6.45, 7) is 2.87. The first-order valence-electron chi connectivity index (χ1n) is 6.18. The first kappa shape index (κ1) is 15.1. The van der Waals surface area contributed by atoms with Gasteiger partial charge in [0.15, 0.2) is 0 Å². The molecule has 106 valence electrons. The van der Waals surface area contributed by atoms with Gasteiger partial charge in [-0.2, -0.15) is 0 Å². The zero-order valence-electron chi connectivity index (χ0n) is 11.3. The van der Waals surface area contributed by atoms with Crippen molar-refractivity contribution in [1.82, 2.24) is 10.2 Å². The van der Waals surface area contributed by atoms with E-state index in [2.05, 4.69) is 5.32 Å². The number of benzene rings is 1. The Morgan fingerprint density at radius 3 is 2.84 bits per heavy atom. The predicted octanol–water partition coefficient (Wildman–Crippen LogP) is 0.801. The van der Waals surface area contributed by atoms with Crippen molar-refractivity contribution in [2.24, 2.45) is 0 Å². The molecule has 0 radical (unpaired) electrons. The molecule has 4 N–H and O–H groups in total. The Hall–Kier alpha value is -1.95. The number of carbonyl (C=O) groups excluding carboxylic acids is 1. The number of carbonyl (C=O) groups is 1. The van der Waals surface area contributed by atoms with Crippen molar-refractivity contribution in [2.45, 2.75) is 13.5 Å².